The normalized spacial score (nSPS) is 9.90. The number of anilines is 1. The number of aryl methyl sites for hydroxylation is 1. The molecule has 0 unspecified atom stereocenters. The van der Waals surface area contributed by atoms with E-state index in [1.807, 2.05) is 12.1 Å². The SMILES string of the molecule is CCCCc1ccc(NC(=S)NCC(=O)OCC)cc1. The van der Waals surface area contributed by atoms with Gasteiger partial charge in [-0.05, 0) is 49.7 Å². The van der Waals surface area contributed by atoms with Crippen LogP contribution >= 0.6 is 12.2 Å². The van der Waals surface area contributed by atoms with Crippen LogP contribution in [0.2, 0.25) is 0 Å². The molecule has 0 radical (unpaired) electrons. The number of carbonyl (C=O) groups is 1. The van der Waals surface area contributed by atoms with E-state index in [0.717, 1.165) is 12.1 Å². The van der Waals surface area contributed by atoms with Gasteiger partial charge in [0, 0.05) is 5.69 Å². The van der Waals surface area contributed by atoms with E-state index in [4.69, 9.17) is 17.0 Å². The molecule has 5 heteroatoms. The molecule has 0 amide bonds. The van der Waals surface area contributed by atoms with Crippen molar-refractivity contribution >= 4 is 29.0 Å². The summed E-state index contributed by atoms with van der Waals surface area (Å²) in [6, 6.07) is 8.16. The average molecular weight is 294 g/mol. The van der Waals surface area contributed by atoms with Gasteiger partial charge in [0.05, 0.1) is 6.61 Å². The molecule has 2 N–H and O–H groups in total. The minimum atomic E-state index is -0.313. The molecule has 0 saturated carbocycles. The zero-order chi connectivity index (χ0) is 14.8. The van der Waals surface area contributed by atoms with Gasteiger partial charge in [-0.3, -0.25) is 4.79 Å². The number of hydrogen-bond acceptors (Lipinski definition) is 3. The lowest BCUT2D eigenvalue weighted by Gasteiger charge is -2.10. The van der Waals surface area contributed by atoms with Crippen LogP contribution < -0.4 is 10.6 Å². The predicted molar refractivity (Wildman–Crippen MR) is 85.9 cm³/mol. The number of carbonyl (C=O) groups excluding carboxylic acids is 1. The monoisotopic (exact) mass is 294 g/mol. The van der Waals surface area contributed by atoms with Crippen molar-refractivity contribution in [2.24, 2.45) is 0 Å². The van der Waals surface area contributed by atoms with Crippen molar-refractivity contribution in [1.82, 2.24) is 5.32 Å². The van der Waals surface area contributed by atoms with Gasteiger partial charge in [0.2, 0.25) is 0 Å². The van der Waals surface area contributed by atoms with Crippen LogP contribution in [0.3, 0.4) is 0 Å². The summed E-state index contributed by atoms with van der Waals surface area (Å²) in [5, 5.41) is 6.26. The largest absolute Gasteiger partial charge is 0.465 e. The van der Waals surface area contributed by atoms with Gasteiger partial charge in [0.1, 0.15) is 6.54 Å². The molecule has 1 aromatic carbocycles. The molecule has 0 aromatic heterocycles. The first-order valence-electron chi connectivity index (χ1n) is 6.95. The second kappa shape index (κ2) is 9.31. The molecule has 0 heterocycles. The van der Waals surface area contributed by atoms with Gasteiger partial charge in [0.25, 0.3) is 0 Å². The Morgan fingerprint density at radius 3 is 2.55 bits per heavy atom. The quantitative estimate of drug-likeness (QED) is 0.598. The molecule has 0 aliphatic heterocycles. The maximum absolute atomic E-state index is 11.2. The van der Waals surface area contributed by atoms with Gasteiger partial charge >= 0.3 is 5.97 Å². The van der Waals surface area contributed by atoms with Crippen molar-refractivity contribution < 1.29 is 9.53 Å². The summed E-state index contributed by atoms with van der Waals surface area (Å²) in [7, 11) is 0. The molecular weight excluding hydrogens is 272 g/mol. The summed E-state index contributed by atoms with van der Waals surface area (Å²) in [6.07, 6.45) is 3.50. The zero-order valence-corrected chi connectivity index (χ0v) is 12.9. The Hall–Kier alpha value is -1.62. The lowest BCUT2D eigenvalue weighted by atomic mass is 10.1. The molecule has 0 saturated heterocycles. The van der Waals surface area contributed by atoms with Gasteiger partial charge in [-0.1, -0.05) is 25.5 Å². The topological polar surface area (TPSA) is 50.4 Å². The van der Waals surface area contributed by atoms with E-state index in [1.165, 1.54) is 18.4 Å². The lowest BCUT2D eigenvalue weighted by Crippen LogP contribution is -2.33. The van der Waals surface area contributed by atoms with Crippen molar-refractivity contribution in [2.75, 3.05) is 18.5 Å². The Labute approximate surface area is 125 Å². The van der Waals surface area contributed by atoms with Crippen molar-refractivity contribution in [2.45, 2.75) is 33.1 Å². The highest BCUT2D eigenvalue weighted by Crippen LogP contribution is 2.11. The zero-order valence-electron chi connectivity index (χ0n) is 12.1. The van der Waals surface area contributed by atoms with E-state index in [1.54, 1.807) is 6.92 Å². The van der Waals surface area contributed by atoms with Crippen LogP contribution in [0.25, 0.3) is 0 Å². The van der Waals surface area contributed by atoms with Gasteiger partial charge < -0.3 is 15.4 Å². The third kappa shape index (κ3) is 6.52. The Morgan fingerprint density at radius 2 is 1.95 bits per heavy atom. The number of esters is 1. The molecule has 4 nitrogen and oxygen atoms in total. The Morgan fingerprint density at radius 1 is 1.25 bits per heavy atom. The first-order valence-corrected chi connectivity index (χ1v) is 7.36. The third-order valence-corrected chi connectivity index (χ3v) is 2.98. The van der Waals surface area contributed by atoms with Gasteiger partial charge in [-0.25, -0.2) is 0 Å². The van der Waals surface area contributed by atoms with Crippen molar-refractivity contribution in [1.29, 1.82) is 0 Å². The predicted octanol–water partition coefficient (Wildman–Crippen LogP) is 2.88. The number of ether oxygens (including phenoxy) is 1. The number of unbranched alkanes of at least 4 members (excludes halogenated alkanes) is 1. The first-order chi connectivity index (χ1) is 9.65. The van der Waals surface area contributed by atoms with E-state index < -0.39 is 0 Å². The van der Waals surface area contributed by atoms with E-state index in [9.17, 15) is 4.79 Å². The third-order valence-electron chi connectivity index (χ3n) is 2.73. The van der Waals surface area contributed by atoms with E-state index >= 15 is 0 Å². The molecule has 1 rings (SSSR count). The van der Waals surface area contributed by atoms with Gasteiger partial charge in [-0.15, -0.1) is 0 Å². The molecule has 0 atom stereocenters. The molecule has 1 aromatic rings. The fraction of sp³-hybridized carbons (Fsp3) is 0.467. The Kier molecular flexibility index (Phi) is 7.65. The number of rotatable bonds is 7. The van der Waals surface area contributed by atoms with Gasteiger partial charge in [0.15, 0.2) is 5.11 Å². The Bertz CT molecular complexity index is 432. The Balaban J connectivity index is 2.36. The second-order valence-corrected chi connectivity index (χ2v) is 4.82. The molecule has 0 fully saturated rings. The molecule has 0 spiro atoms. The maximum atomic E-state index is 11.2. The van der Waals surface area contributed by atoms with Crippen LogP contribution in [-0.2, 0) is 16.0 Å². The summed E-state index contributed by atoms with van der Waals surface area (Å²) < 4.78 is 4.81. The summed E-state index contributed by atoms with van der Waals surface area (Å²) in [5.41, 5.74) is 2.23. The van der Waals surface area contributed by atoms with Crippen LogP contribution in [0.5, 0.6) is 0 Å². The van der Waals surface area contributed by atoms with Crippen molar-refractivity contribution in [3.63, 3.8) is 0 Å². The van der Waals surface area contributed by atoms with E-state index in [0.29, 0.717) is 11.7 Å². The van der Waals surface area contributed by atoms with Crippen LogP contribution in [0.1, 0.15) is 32.3 Å². The summed E-state index contributed by atoms with van der Waals surface area (Å²) in [4.78, 5) is 11.2. The lowest BCUT2D eigenvalue weighted by molar-refractivity contribution is -0.141. The highest BCUT2D eigenvalue weighted by atomic mass is 32.1. The number of nitrogens with one attached hydrogen (secondary N) is 2. The van der Waals surface area contributed by atoms with Gasteiger partial charge in [-0.2, -0.15) is 0 Å². The standard InChI is InChI=1S/C15H22N2O2S/c1-3-5-6-12-7-9-13(10-8-12)17-15(20)16-11-14(18)19-4-2/h7-10H,3-6,11H2,1-2H3,(H2,16,17,20). The fourth-order valence-electron chi connectivity index (χ4n) is 1.68. The fourth-order valence-corrected chi connectivity index (χ4v) is 1.87. The highest BCUT2D eigenvalue weighted by Gasteiger charge is 2.03. The minimum absolute atomic E-state index is 0.0776. The molecule has 0 aliphatic carbocycles. The summed E-state index contributed by atoms with van der Waals surface area (Å²) >= 11 is 5.11. The van der Waals surface area contributed by atoms with E-state index in [2.05, 4.69) is 29.7 Å². The van der Waals surface area contributed by atoms with Crippen LogP contribution in [0, 0.1) is 0 Å². The van der Waals surface area contributed by atoms with Crippen molar-refractivity contribution in [3.05, 3.63) is 29.8 Å². The number of thiocarbonyl (C=S) groups is 1. The smallest absolute Gasteiger partial charge is 0.325 e. The average Bonchev–Trinajstić information content (AvgIpc) is 2.45. The van der Waals surface area contributed by atoms with E-state index in [-0.39, 0.29) is 12.5 Å². The molecule has 0 bridgehead atoms. The van der Waals surface area contributed by atoms with Crippen molar-refractivity contribution in [3.8, 4) is 0 Å². The number of hydrogen-bond donors (Lipinski definition) is 2. The van der Waals surface area contributed by atoms with Crippen LogP contribution in [0.15, 0.2) is 24.3 Å². The molecule has 110 valence electrons. The number of benzene rings is 1. The highest BCUT2D eigenvalue weighted by molar-refractivity contribution is 7.80. The summed E-state index contributed by atoms with van der Waals surface area (Å²) in [5.74, 6) is -0.313. The molecular formula is C15H22N2O2S. The second-order valence-electron chi connectivity index (χ2n) is 4.41. The molecule has 20 heavy (non-hydrogen) atoms. The minimum Gasteiger partial charge on any atom is -0.465 e. The first kappa shape index (κ1) is 16.4. The summed E-state index contributed by atoms with van der Waals surface area (Å²) in [6.45, 7) is 4.41. The maximum Gasteiger partial charge on any atom is 0.325 e. The van der Waals surface area contributed by atoms with Crippen LogP contribution in [0.4, 0.5) is 5.69 Å². The van der Waals surface area contributed by atoms with Crippen LogP contribution in [-0.4, -0.2) is 24.2 Å². The molecule has 0 aliphatic rings.